The Hall–Kier alpha value is -3.27. The number of ketones is 1. The van der Waals surface area contributed by atoms with E-state index in [0.717, 1.165) is 18.4 Å². The van der Waals surface area contributed by atoms with Crippen LogP contribution in [0, 0.1) is 0 Å². The van der Waals surface area contributed by atoms with Gasteiger partial charge in [0.25, 0.3) is 0 Å². The highest BCUT2D eigenvalue weighted by Gasteiger charge is 2.47. The van der Waals surface area contributed by atoms with E-state index in [1.54, 1.807) is 6.92 Å². The molecule has 10 nitrogen and oxygen atoms in total. The maximum atomic E-state index is 12.7. The van der Waals surface area contributed by atoms with Crippen LogP contribution in [0.2, 0.25) is 0 Å². The molecule has 1 aliphatic rings. The van der Waals surface area contributed by atoms with Gasteiger partial charge in [0.2, 0.25) is 23.6 Å². The van der Waals surface area contributed by atoms with Crippen molar-refractivity contribution in [2.24, 2.45) is 0 Å². The lowest BCUT2D eigenvalue weighted by molar-refractivity contribution is -0.134. The number of carbonyl (C=O) groups is 5. The molecule has 1 saturated heterocycles. The first-order valence-corrected chi connectivity index (χ1v) is 11.5. The van der Waals surface area contributed by atoms with Crippen LogP contribution in [0.3, 0.4) is 0 Å². The summed E-state index contributed by atoms with van der Waals surface area (Å²) in [6, 6.07) is 8.51. The lowest BCUT2D eigenvalue weighted by Gasteiger charge is -2.19. The van der Waals surface area contributed by atoms with Gasteiger partial charge in [-0.2, -0.15) is 0 Å². The van der Waals surface area contributed by atoms with Gasteiger partial charge in [0, 0.05) is 6.54 Å². The summed E-state index contributed by atoms with van der Waals surface area (Å²) in [6.07, 6.45) is 2.20. The topological polar surface area (TPSA) is 146 Å². The monoisotopic (exact) mass is 474 g/mol. The number of unbranched alkanes of at least 4 members (excludes halogenated alkanes) is 1. The molecule has 2 atom stereocenters. The molecule has 0 aliphatic carbocycles. The van der Waals surface area contributed by atoms with Gasteiger partial charge >= 0.3 is 0 Å². The number of aryl methyl sites for hydroxylation is 1. The molecular formula is C24H34N4O6. The normalized spacial score (nSPS) is 17.2. The second kappa shape index (κ2) is 13.4. The fourth-order valence-electron chi connectivity index (χ4n) is 3.07. The molecule has 1 aromatic rings. The molecule has 2 rings (SSSR count). The maximum absolute atomic E-state index is 12.7. The van der Waals surface area contributed by atoms with Crippen molar-refractivity contribution in [2.75, 3.05) is 26.2 Å². The first kappa shape index (κ1) is 27.0. The second-order valence-electron chi connectivity index (χ2n) is 8.46. The zero-order valence-corrected chi connectivity index (χ0v) is 19.8. The number of Topliss-reactive ketones (excluding diaryl/α,β-unsaturated/α-hetero) is 1. The van der Waals surface area contributed by atoms with Crippen LogP contribution in [0.1, 0.15) is 45.1 Å². The molecule has 4 N–H and O–H groups in total. The molecule has 10 heteroatoms. The van der Waals surface area contributed by atoms with Crippen molar-refractivity contribution in [3.05, 3.63) is 35.9 Å². The van der Waals surface area contributed by atoms with Crippen molar-refractivity contribution in [2.45, 2.75) is 57.6 Å². The Kier molecular flexibility index (Phi) is 10.7. The Balaban J connectivity index is 1.84. The highest BCUT2D eigenvalue weighted by molar-refractivity contribution is 6.04. The van der Waals surface area contributed by atoms with Crippen molar-refractivity contribution >= 4 is 29.4 Å². The van der Waals surface area contributed by atoms with Crippen LogP contribution in [0.15, 0.2) is 30.3 Å². The van der Waals surface area contributed by atoms with E-state index in [0.29, 0.717) is 13.0 Å². The summed E-state index contributed by atoms with van der Waals surface area (Å²) in [6.45, 7) is 3.91. The molecule has 0 radical (unpaired) electrons. The summed E-state index contributed by atoms with van der Waals surface area (Å²) in [5.41, 5.74) is 0.0661. The highest BCUT2D eigenvalue weighted by atomic mass is 16.6. The van der Waals surface area contributed by atoms with Crippen LogP contribution in [0.5, 0.6) is 0 Å². The Morgan fingerprint density at radius 1 is 0.971 bits per heavy atom. The van der Waals surface area contributed by atoms with Crippen molar-refractivity contribution < 1.29 is 28.7 Å². The van der Waals surface area contributed by atoms with Crippen LogP contribution < -0.4 is 21.3 Å². The third-order valence-corrected chi connectivity index (χ3v) is 5.43. The van der Waals surface area contributed by atoms with Gasteiger partial charge in [-0.1, -0.05) is 43.7 Å². The van der Waals surface area contributed by atoms with Crippen LogP contribution in [-0.2, 0) is 35.1 Å². The Labute approximate surface area is 199 Å². The minimum Gasteiger partial charge on any atom is -0.362 e. The Bertz CT molecular complexity index is 869. The minimum atomic E-state index is -0.932. The smallest absolute Gasteiger partial charge is 0.243 e. The van der Waals surface area contributed by atoms with Gasteiger partial charge in [0.15, 0.2) is 5.78 Å². The summed E-state index contributed by atoms with van der Waals surface area (Å²) in [7, 11) is 0. The standard InChI is InChI=1S/C24H34N4O6/c1-3-4-12-25-21(31)14-26-22(32)15-27-23(33)18(11-10-17-8-6-5-7-9-17)28-20(30)13-19(29)24(2)16-34-24/h5-9,18H,3-4,10-16H2,1-2H3,(H,25,31)(H,26,32)(H,27,33)(H,28,30)/t18?,24-/m1/s1. The number of nitrogens with one attached hydrogen (secondary N) is 4. The van der Waals surface area contributed by atoms with Crippen LogP contribution in [0.4, 0.5) is 0 Å². The molecule has 1 fully saturated rings. The zero-order valence-electron chi connectivity index (χ0n) is 19.8. The average molecular weight is 475 g/mol. The third kappa shape index (κ3) is 9.70. The quantitative estimate of drug-likeness (QED) is 0.160. The largest absolute Gasteiger partial charge is 0.362 e. The third-order valence-electron chi connectivity index (χ3n) is 5.43. The van der Waals surface area contributed by atoms with E-state index in [9.17, 15) is 24.0 Å². The van der Waals surface area contributed by atoms with Gasteiger partial charge in [0.1, 0.15) is 11.6 Å². The second-order valence-corrected chi connectivity index (χ2v) is 8.46. The maximum Gasteiger partial charge on any atom is 0.243 e. The molecule has 1 aliphatic heterocycles. The molecule has 1 aromatic carbocycles. The number of amides is 4. The van der Waals surface area contributed by atoms with Crippen LogP contribution >= 0.6 is 0 Å². The molecule has 1 unspecified atom stereocenters. The predicted molar refractivity (Wildman–Crippen MR) is 125 cm³/mol. The van der Waals surface area contributed by atoms with E-state index in [1.807, 2.05) is 37.3 Å². The van der Waals surface area contributed by atoms with Crippen molar-refractivity contribution in [1.29, 1.82) is 0 Å². The van der Waals surface area contributed by atoms with Crippen molar-refractivity contribution in [1.82, 2.24) is 21.3 Å². The number of benzene rings is 1. The van der Waals surface area contributed by atoms with E-state index >= 15 is 0 Å². The van der Waals surface area contributed by atoms with Crippen molar-refractivity contribution in [3.8, 4) is 0 Å². The molecule has 186 valence electrons. The van der Waals surface area contributed by atoms with Gasteiger partial charge < -0.3 is 26.0 Å². The van der Waals surface area contributed by atoms with Gasteiger partial charge in [0.05, 0.1) is 26.1 Å². The van der Waals surface area contributed by atoms with Crippen LogP contribution in [-0.4, -0.2) is 67.3 Å². The number of ether oxygens (including phenoxy) is 1. The van der Waals surface area contributed by atoms with E-state index in [1.165, 1.54) is 0 Å². The summed E-state index contributed by atoms with van der Waals surface area (Å²) >= 11 is 0. The SMILES string of the molecule is CCCCNC(=O)CNC(=O)CNC(=O)C(CCc1ccccc1)NC(=O)CC(=O)[C@@]1(C)CO1. The molecule has 0 spiro atoms. The average Bonchev–Trinajstić information content (AvgIpc) is 3.58. The lowest BCUT2D eigenvalue weighted by atomic mass is 10.0. The first-order chi connectivity index (χ1) is 16.2. The first-order valence-electron chi connectivity index (χ1n) is 11.5. The van der Waals surface area contributed by atoms with Gasteiger partial charge in [-0.15, -0.1) is 0 Å². The highest BCUT2D eigenvalue weighted by Crippen LogP contribution is 2.28. The fourth-order valence-corrected chi connectivity index (χ4v) is 3.07. The lowest BCUT2D eigenvalue weighted by Crippen LogP contribution is -2.50. The molecule has 34 heavy (non-hydrogen) atoms. The molecular weight excluding hydrogens is 440 g/mol. The van der Waals surface area contributed by atoms with Gasteiger partial charge in [-0.25, -0.2) is 0 Å². The molecule has 1 heterocycles. The zero-order chi connectivity index (χ0) is 25.0. The minimum absolute atomic E-state index is 0.185. The number of rotatable bonds is 15. The molecule has 0 bridgehead atoms. The Morgan fingerprint density at radius 3 is 2.26 bits per heavy atom. The van der Waals surface area contributed by atoms with E-state index in [-0.39, 0.29) is 44.2 Å². The van der Waals surface area contributed by atoms with E-state index in [2.05, 4.69) is 21.3 Å². The van der Waals surface area contributed by atoms with Gasteiger partial charge in [-0.3, -0.25) is 24.0 Å². The van der Waals surface area contributed by atoms with Gasteiger partial charge in [-0.05, 0) is 31.7 Å². The summed E-state index contributed by atoms with van der Waals surface area (Å²) in [4.78, 5) is 60.9. The van der Waals surface area contributed by atoms with E-state index in [4.69, 9.17) is 4.74 Å². The Morgan fingerprint density at radius 2 is 1.62 bits per heavy atom. The summed E-state index contributed by atoms with van der Waals surface area (Å²) in [5, 5.41) is 10.2. The molecule has 0 aromatic heterocycles. The fraction of sp³-hybridized carbons (Fsp3) is 0.542. The number of epoxide rings is 1. The number of hydrogen-bond acceptors (Lipinski definition) is 6. The molecule has 4 amide bonds. The van der Waals surface area contributed by atoms with E-state index < -0.39 is 29.4 Å². The predicted octanol–water partition coefficient (Wildman–Crippen LogP) is 0.000800. The summed E-state index contributed by atoms with van der Waals surface area (Å²) in [5.74, 6) is -2.31. The summed E-state index contributed by atoms with van der Waals surface area (Å²) < 4.78 is 5.07. The van der Waals surface area contributed by atoms with Crippen LogP contribution in [0.25, 0.3) is 0 Å². The molecule has 0 saturated carbocycles. The number of carbonyl (C=O) groups excluding carboxylic acids is 5. The van der Waals surface area contributed by atoms with Crippen molar-refractivity contribution in [3.63, 3.8) is 0 Å². The number of hydrogen-bond donors (Lipinski definition) is 4.